The van der Waals surface area contributed by atoms with Crippen molar-refractivity contribution in [1.82, 2.24) is 0 Å². The van der Waals surface area contributed by atoms with Crippen LogP contribution in [0.1, 0.15) is 233 Å². The molecule has 0 bridgehead atoms. The van der Waals surface area contributed by atoms with Gasteiger partial charge in [-0.05, 0) is 70.4 Å². The molecule has 0 rings (SSSR count). The fourth-order valence-electron chi connectivity index (χ4n) is 6.17. The Hall–Kier alpha value is -1.39. The first-order valence-corrected chi connectivity index (χ1v) is 21.0. The Morgan fingerprint density at radius 3 is 1.47 bits per heavy atom. The topological polar surface area (TPSA) is 65.0 Å². The summed E-state index contributed by atoms with van der Waals surface area (Å²) in [6.07, 6.45) is 40.6. The molecule has 0 aromatic carbocycles. The van der Waals surface area contributed by atoms with Gasteiger partial charge in [0.2, 0.25) is 0 Å². The van der Waals surface area contributed by atoms with Crippen LogP contribution in [0.4, 0.5) is 0 Å². The van der Waals surface area contributed by atoms with Crippen molar-refractivity contribution < 1.29 is 19.1 Å². The third-order valence-electron chi connectivity index (χ3n) is 9.33. The van der Waals surface area contributed by atoms with E-state index in [0.29, 0.717) is 19.4 Å². The van der Waals surface area contributed by atoms with Crippen molar-refractivity contribution in [2.24, 2.45) is 4.99 Å². The van der Waals surface area contributed by atoms with Crippen LogP contribution in [0.25, 0.3) is 0 Å². The first-order chi connectivity index (χ1) is 23.1. The molecule has 0 aromatic rings. The fraction of sp³-hybridized carbons (Fsp3) is 0.929. The Balaban J connectivity index is 3.72. The lowest BCUT2D eigenvalue weighted by Crippen LogP contribution is -2.18. The number of carbonyl (C=O) groups is 2. The van der Waals surface area contributed by atoms with Gasteiger partial charge in [-0.1, -0.05) is 156 Å². The Morgan fingerprint density at radius 2 is 0.915 bits per heavy atom. The summed E-state index contributed by atoms with van der Waals surface area (Å²) in [5.74, 6) is -0.0282. The Morgan fingerprint density at radius 1 is 0.489 bits per heavy atom. The molecule has 0 amide bonds. The summed E-state index contributed by atoms with van der Waals surface area (Å²) in [7, 11) is 0. The molecule has 5 nitrogen and oxygen atoms in total. The van der Waals surface area contributed by atoms with Crippen molar-refractivity contribution in [3.63, 3.8) is 0 Å². The third kappa shape index (κ3) is 37.3. The van der Waals surface area contributed by atoms with Gasteiger partial charge in [0.1, 0.15) is 6.10 Å². The van der Waals surface area contributed by atoms with Crippen LogP contribution in [0.3, 0.4) is 0 Å². The van der Waals surface area contributed by atoms with E-state index in [1.165, 1.54) is 128 Å². The van der Waals surface area contributed by atoms with Crippen LogP contribution in [-0.4, -0.2) is 37.4 Å². The summed E-state index contributed by atoms with van der Waals surface area (Å²) in [6.45, 7) is 8.24. The van der Waals surface area contributed by atoms with Crippen molar-refractivity contribution in [2.45, 2.75) is 239 Å². The highest BCUT2D eigenvalue weighted by Crippen LogP contribution is 2.18. The van der Waals surface area contributed by atoms with Gasteiger partial charge in [0.15, 0.2) is 0 Å². The minimum absolute atomic E-state index is 0.0173. The van der Waals surface area contributed by atoms with E-state index in [0.717, 1.165) is 77.2 Å². The number of nitrogens with zero attached hydrogens (tertiary/aromatic N) is 1. The van der Waals surface area contributed by atoms with Crippen molar-refractivity contribution >= 4 is 18.2 Å². The van der Waals surface area contributed by atoms with E-state index in [2.05, 4.69) is 25.8 Å². The second-order valence-electron chi connectivity index (χ2n) is 14.1. The Labute approximate surface area is 293 Å². The number of carbonyl (C=O) groups excluding carboxylic acids is 2. The first kappa shape index (κ1) is 45.6. The number of hydrogen-bond acceptors (Lipinski definition) is 5. The van der Waals surface area contributed by atoms with Gasteiger partial charge in [0, 0.05) is 19.4 Å². The standard InChI is InChI=1S/C42H81NO4/c1-4-7-10-13-16-17-18-24-32-39-46-41(44)35-29-25-31-38-43-37-30-23-19-22-28-36-42(45)47-40(33-26-20-14-11-8-5-2)34-27-21-15-12-9-6-3/h38,40H,4-37,39H2,1-3H3/b43-38-. The maximum atomic E-state index is 12.6. The van der Waals surface area contributed by atoms with Gasteiger partial charge in [-0.25, -0.2) is 0 Å². The van der Waals surface area contributed by atoms with Crippen molar-refractivity contribution in [3.05, 3.63) is 0 Å². The molecular formula is C42H81NO4. The molecule has 0 N–H and O–H groups in total. The zero-order valence-corrected chi connectivity index (χ0v) is 32.0. The predicted molar refractivity (Wildman–Crippen MR) is 204 cm³/mol. The minimum Gasteiger partial charge on any atom is -0.466 e. The number of unbranched alkanes of at least 4 members (excludes halogenated alkanes) is 24. The molecule has 0 saturated carbocycles. The molecule has 47 heavy (non-hydrogen) atoms. The van der Waals surface area contributed by atoms with Gasteiger partial charge in [0.25, 0.3) is 0 Å². The van der Waals surface area contributed by atoms with Crippen LogP contribution in [0.15, 0.2) is 4.99 Å². The molecule has 0 heterocycles. The van der Waals surface area contributed by atoms with Gasteiger partial charge >= 0.3 is 11.9 Å². The molecule has 0 fully saturated rings. The van der Waals surface area contributed by atoms with Crippen LogP contribution in [0.5, 0.6) is 0 Å². The summed E-state index contributed by atoms with van der Waals surface area (Å²) < 4.78 is 11.4. The van der Waals surface area contributed by atoms with Gasteiger partial charge in [0.05, 0.1) is 6.61 Å². The quantitative estimate of drug-likeness (QED) is 0.0374. The summed E-state index contributed by atoms with van der Waals surface area (Å²) in [5, 5.41) is 0. The molecule has 0 aliphatic heterocycles. The molecule has 0 aliphatic carbocycles. The largest absolute Gasteiger partial charge is 0.466 e. The van der Waals surface area contributed by atoms with Crippen molar-refractivity contribution in [3.8, 4) is 0 Å². The molecule has 0 aliphatic rings. The molecule has 278 valence electrons. The fourth-order valence-corrected chi connectivity index (χ4v) is 6.17. The van der Waals surface area contributed by atoms with Gasteiger partial charge in [-0.3, -0.25) is 14.6 Å². The van der Waals surface area contributed by atoms with Crippen LogP contribution < -0.4 is 0 Å². The normalized spacial score (nSPS) is 11.6. The van der Waals surface area contributed by atoms with E-state index in [-0.39, 0.29) is 18.0 Å². The second-order valence-corrected chi connectivity index (χ2v) is 14.1. The highest BCUT2D eigenvalue weighted by molar-refractivity contribution is 5.69. The minimum atomic E-state index is -0.0454. The average Bonchev–Trinajstić information content (AvgIpc) is 3.07. The number of hydrogen-bond donors (Lipinski definition) is 0. The van der Waals surface area contributed by atoms with Crippen molar-refractivity contribution in [2.75, 3.05) is 13.2 Å². The monoisotopic (exact) mass is 664 g/mol. The van der Waals surface area contributed by atoms with Crippen molar-refractivity contribution in [1.29, 1.82) is 0 Å². The average molecular weight is 664 g/mol. The lowest BCUT2D eigenvalue weighted by atomic mass is 10.0. The first-order valence-electron chi connectivity index (χ1n) is 21.0. The predicted octanol–water partition coefficient (Wildman–Crippen LogP) is 13.4. The maximum Gasteiger partial charge on any atom is 0.306 e. The zero-order valence-electron chi connectivity index (χ0n) is 32.0. The molecule has 0 saturated heterocycles. The molecule has 0 radical (unpaired) electrons. The summed E-state index contributed by atoms with van der Waals surface area (Å²) in [6, 6.07) is 0. The van der Waals surface area contributed by atoms with Crippen LogP contribution in [0, 0.1) is 0 Å². The molecule has 5 heteroatoms. The summed E-state index contributed by atoms with van der Waals surface area (Å²) >= 11 is 0. The van der Waals surface area contributed by atoms with E-state index < -0.39 is 0 Å². The molecule has 0 atom stereocenters. The van der Waals surface area contributed by atoms with E-state index in [1.54, 1.807) is 0 Å². The Bertz CT molecular complexity index is 664. The lowest BCUT2D eigenvalue weighted by Gasteiger charge is -2.18. The third-order valence-corrected chi connectivity index (χ3v) is 9.33. The summed E-state index contributed by atoms with van der Waals surface area (Å²) in [4.78, 5) is 29.0. The Kier molecular flexibility index (Phi) is 37.9. The summed E-state index contributed by atoms with van der Waals surface area (Å²) in [5.41, 5.74) is 0. The van der Waals surface area contributed by atoms with Crippen LogP contribution in [0.2, 0.25) is 0 Å². The van der Waals surface area contributed by atoms with Gasteiger partial charge in [-0.15, -0.1) is 0 Å². The molecular weight excluding hydrogens is 582 g/mol. The van der Waals surface area contributed by atoms with E-state index in [9.17, 15) is 9.59 Å². The maximum absolute atomic E-state index is 12.6. The van der Waals surface area contributed by atoms with Gasteiger partial charge in [-0.2, -0.15) is 0 Å². The number of ether oxygens (including phenoxy) is 2. The smallest absolute Gasteiger partial charge is 0.306 e. The van der Waals surface area contributed by atoms with E-state index in [4.69, 9.17) is 9.47 Å². The van der Waals surface area contributed by atoms with Gasteiger partial charge < -0.3 is 9.47 Å². The highest BCUT2D eigenvalue weighted by Gasteiger charge is 2.14. The zero-order chi connectivity index (χ0) is 34.3. The van der Waals surface area contributed by atoms with E-state index >= 15 is 0 Å². The molecule has 0 unspecified atom stereocenters. The number of aliphatic imine (C=N–C) groups is 1. The molecule has 0 aromatic heterocycles. The SMILES string of the molecule is CCCCCCCCCCCOC(=O)CCCC/C=N\CCCCCCCC(=O)OC(CCCCCCCC)CCCCCCCC. The number of esters is 2. The molecule has 0 spiro atoms. The van der Waals surface area contributed by atoms with Crippen LogP contribution >= 0.6 is 0 Å². The van der Waals surface area contributed by atoms with Crippen LogP contribution in [-0.2, 0) is 19.1 Å². The highest BCUT2D eigenvalue weighted by atomic mass is 16.5. The number of rotatable bonds is 38. The van der Waals surface area contributed by atoms with E-state index in [1.807, 2.05) is 6.21 Å². The lowest BCUT2D eigenvalue weighted by molar-refractivity contribution is -0.150. The second kappa shape index (κ2) is 39.1.